The fourth-order valence-electron chi connectivity index (χ4n) is 1.94. The van der Waals surface area contributed by atoms with Crippen molar-refractivity contribution in [2.24, 2.45) is 0 Å². The van der Waals surface area contributed by atoms with Gasteiger partial charge in [0.25, 0.3) is 5.91 Å². The molecule has 0 aliphatic heterocycles. The zero-order valence-corrected chi connectivity index (χ0v) is 16.0. The molecule has 0 atom stereocenters. The Labute approximate surface area is 164 Å². The first-order valence-electron chi connectivity index (χ1n) is 7.69. The van der Waals surface area contributed by atoms with Crippen molar-refractivity contribution in [3.8, 4) is 0 Å². The Kier molecular flexibility index (Phi) is 7.62. The van der Waals surface area contributed by atoms with Gasteiger partial charge in [-0.15, -0.1) is 0 Å². The van der Waals surface area contributed by atoms with Crippen LogP contribution in [0.4, 0.5) is 11.4 Å². The summed E-state index contributed by atoms with van der Waals surface area (Å²) in [6.45, 7) is -0.416. The van der Waals surface area contributed by atoms with Gasteiger partial charge in [-0.05, 0) is 36.4 Å². The smallest absolute Gasteiger partial charge is 0.306 e. The Morgan fingerprint density at radius 3 is 2.31 bits per heavy atom. The normalized spacial score (nSPS) is 10.1. The zero-order chi connectivity index (χ0) is 18.9. The van der Waals surface area contributed by atoms with Gasteiger partial charge in [-0.1, -0.05) is 39.7 Å². The zero-order valence-electron chi connectivity index (χ0n) is 13.6. The summed E-state index contributed by atoms with van der Waals surface area (Å²) in [5.74, 6) is -1.46. The molecule has 26 heavy (non-hydrogen) atoms. The van der Waals surface area contributed by atoms with Crippen LogP contribution in [0.2, 0.25) is 5.02 Å². The molecular formula is C18H16BrClN2O4. The summed E-state index contributed by atoms with van der Waals surface area (Å²) in [5.41, 5.74) is 1.06. The molecule has 0 saturated carbocycles. The Hall–Kier alpha value is -2.38. The molecule has 0 saturated heterocycles. The maximum absolute atomic E-state index is 11.8. The number of halogens is 2. The number of hydrogen-bond donors (Lipinski definition) is 2. The van der Waals surface area contributed by atoms with E-state index in [-0.39, 0.29) is 18.7 Å². The van der Waals surface area contributed by atoms with E-state index in [0.29, 0.717) is 16.4 Å². The van der Waals surface area contributed by atoms with Crippen molar-refractivity contribution < 1.29 is 19.1 Å². The lowest BCUT2D eigenvalue weighted by Crippen LogP contribution is -2.21. The highest BCUT2D eigenvalue weighted by molar-refractivity contribution is 9.10. The van der Waals surface area contributed by atoms with Crippen molar-refractivity contribution in [1.29, 1.82) is 0 Å². The quantitative estimate of drug-likeness (QED) is 0.639. The van der Waals surface area contributed by atoms with Gasteiger partial charge in [-0.3, -0.25) is 14.4 Å². The number of esters is 1. The molecule has 6 nitrogen and oxygen atoms in total. The number of anilines is 2. The first-order chi connectivity index (χ1) is 12.4. The lowest BCUT2D eigenvalue weighted by molar-refractivity contribution is -0.147. The molecule has 0 heterocycles. The van der Waals surface area contributed by atoms with Crippen molar-refractivity contribution in [1.82, 2.24) is 0 Å². The summed E-state index contributed by atoms with van der Waals surface area (Å²) < 4.78 is 5.74. The number of para-hydroxylation sites is 1. The van der Waals surface area contributed by atoms with Gasteiger partial charge in [0, 0.05) is 16.6 Å². The van der Waals surface area contributed by atoms with Crippen LogP contribution in [0.15, 0.2) is 53.0 Å². The number of ether oxygens (including phenoxy) is 1. The summed E-state index contributed by atoms with van der Waals surface area (Å²) in [6, 6.07) is 13.8. The summed E-state index contributed by atoms with van der Waals surface area (Å²) in [5, 5.41) is 5.61. The molecule has 0 spiro atoms. The molecule has 0 aromatic heterocycles. The molecule has 2 rings (SSSR count). The highest BCUT2D eigenvalue weighted by Crippen LogP contribution is 2.20. The van der Waals surface area contributed by atoms with Crippen LogP contribution in [0.5, 0.6) is 0 Å². The predicted molar refractivity (Wildman–Crippen MR) is 103 cm³/mol. The van der Waals surface area contributed by atoms with E-state index in [9.17, 15) is 14.4 Å². The van der Waals surface area contributed by atoms with Gasteiger partial charge in [0.05, 0.1) is 17.1 Å². The van der Waals surface area contributed by atoms with Gasteiger partial charge in [0.15, 0.2) is 6.61 Å². The number of carbonyl (C=O) groups is 3. The Bertz CT molecular complexity index is 796. The van der Waals surface area contributed by atoms with Crippen molar-refractivity contribution in [3.63, 3.8) is 0 Å². The van der Waals surface area contributed by atoms with Gasteiger partial charge in [0.1, 0.15) is 0 Å². The second-order valence-corrected chi connectivity index (χ2v) is 6.57. The van der Waals surface area contributed by atoms with Crippen LogP contribution in [0.3, 0.4) is 0 Å². The maximum Gasteiger partial charge on any atom is 0.306 e. The van der Waals surface area contributed by atoms with E-state index < -0.39 is 18.5 Å². The molecule has 0 radical (unpaired) electrons. The minimum absolute atomic E-state index is 0.0710. The van der Waals surface area contributed by atoms with Gasteiger partial charge >= 0.3 is 5.97 Å². The first-order valence-corrected chi connectivity index (χ1v) is 8.86. The number of amides is 2. The van der Waals surface area contributed by atoms with Crippen molar-refractivity contribution in [2.75, 3.05) is 17.2 Å². The van der Waals surface area contributed by atoms with Gasteiger partial charge < -0.3 is 15.4 Å². The standard InChI is InChI=1S/C18H16BrClN2O4/c19-12-5-7-13(8-6-12)21-17(24)11-26-18(25)10-9-16(23)22-15-4-2-1-3-14(15)20/h1-8H,9-11H2,(H,21,24)(H,22,23). The van der Waals surface area contributed by atoms with E-state index in [2.05, 4.69) is 26.6 Å². The van der Waals surface area contributed by atoms with E-state index >= 15 is 0 Å². The molecule has 2 aromatic carbocycles. The molecule has 0 aliphatic rings. The highest BCUT2D eigenvalue weighted by Gasteiger charge is 2.11. The van der Waals surface area contributed by atoms with E-state index in [1.54, 1.807) is 48.5 Å². The average Bonchev–Trinajstić information content (AvgIpc) is 2.62. The fraction of sp³-hybridized carbons (Fsp3) is 0.167. The Morgan fingerprint density at radius 1 is 0.923 bits per heavy atom. The van der Waals surface area contributed by atoms with E-state index in [1.165, 1.54) is 0 Å². The van der Waals surface area contributed by atoms with Crippen LogP contribution in [0.1, 0.15) is 12.8 Å². The van der Waals surface area contributed by atoms with Crippen LogP contribution in [0.25, 0.3) is 0 Å². The number of benzene rings is 2. The number of hydrogen-bond acceptors (Lipinski definition) is 4. The van der Waals surface area contributed by atoms with Gasteiger partial charge in [-0.2, -0.15) is 0 Å². The molecule has 8 heteroatoms. The average molecular weight is 440 g/mol. The van der Waals surface area contributed by atoms with Crippen LogP contribution in [-0.4, -0.2) is 24.4 Å². The largest absolute Gasteiger partial charge is 0.456 e. The van der Waals surface area contributed by atoms with Crippen molar-refractivity contribution in [3.05, 3.63) is 58.0 Å². The molecule has 0 fully saturated rings. The Morgan fingerprint density at radius 2 is 1.62 bits per heavy atom. The molecule has 2 amide bonds. The van der Waals surface area contributed by atoms with Crippen LogP contribution in [0, 0.1) is 0 Å². The number of carbonyl (C=O) groups excluding carboxylic acids is 3. The highest BCUT2D eigenvalue weighted by atomic mass is 79.9. The molecule has 0 bridgehead atoms. The maximum atomic E-state index is 11.8. The molecule has 2 N–H and O–H groups in total. The molecule has 2 aromatic rings. The third kappa shape index (κ3) is 6.85. The third-order valence-electron chi connectivity index (χ3n) is 3.20. The van der Waals surface area contributed by atoms with Gasteiger partial charge in [0.2, 0.25) is 5.91 Å². The predicted octanol–water partition coefficient (Wildman–Crippen LogP) is 4.00. The molecule has 0 aliphatic carbocycles. The minimum Gasteiger partial charge on any atom is -0.456 e. The number of rotatable bonds is 7. The van der Waals surface area contributed by atoms with Crippen molar-refractivity contribution in [2.45, 2.75) is 12.8 Å². The van der Waals surface area contributed by atoms with Crippen LogP contribution >= 0.6 is 27.5 Å². The summed E-state index contributed by atoms with van der Waals surface area (Å²) in [6.07, 6.45) is -0.208. The van der Waals surface area contributed by atoms with E-state index in [4.69, 9.17) is 16.3 Å². The molecule has 136 valence electrons. The van der Waals surface area contributed by atoms with Crippen molar-refractivity contribution >= 4 is 56.7 Å². The minimum atomic E-state index is -0.634. The third-order valence-corrected chi connectivity index (χ3v) is 4.05. The lowest BCUT2D eigenvalue weighted by atomic mass is 10.2. The second-order valence-electron chi connectivity index (χ2n) is 5.24. The SMILES string of the molecule is O=C(COC(=O)CCC(=O)Nc1ccccc1Cl)Nc1ccc(Br)cc1. The summed E-state index contributed by atoms with van der Waals surface area (Å²) in [4.78, 5) is 35.2. The van der Waals surface area contributed by atoms with Crippen LogP contribution in [-0.2, 0) is 19.1 Å². The Balaban J connectivity index is 1.68. The topological polar surface area (TPSA) is 84.5 Å². The second kappa shape index (κ2) is 9.94. The van der Waals surface area contributed by atoms with Crippen LogP contribution < -0.4 is 10.6 Å². The van der Waals surface area contributed by atoms with Gasteiger partial charge in [-0.25, -0.2) is 0 Å². The number of nitrogens with one attached hydrogen (secondary N) is 2. The summed E-state index contributed by atoms with van der Waals surface area (Å²) >= 11 is 9.23. The van der Waals surface area contributed by atoms with E-state index in [0.717, 1.165) is 4.47 Å². The fourth-order valence-corrected chi connectivity index (χ4v) is 2.39. The molecule has 0 unspecified atom stereocenters. The summed E-state index contributed by atoms with van der Waals surface area (Å²) in [7, 11) is 0. The lowest BCUT2D eigenvalue weighted by Gasteiger charge is -2.08. The monoisotopic (exact) mass is 438 g/mol. The molecular weight excluding hydrogens is 424 g/mol. The van der Waals surface area contributed by atoms with E-state index in [1.807, 2.05) is 0 Å². The first kappa shape index (κ1) is 19.9.